The SMILES string of the molecule is CC[C]1c2ccccc2-c2ccccc21. The lowest BCUT2D eigenvalue weighted by Gasteiger charge is -2.08. The molecule has 0 amide bonds. The highest BCUT2D eigenvalue weighted by Gasteiger charge is 2.26. The predicted molar refractivity (Wildman–Crippen MR) is 63.6 cm³/mol. The molecule has 0 unspecified atom stereocenters. The van der Waals surface area contributed by atoms with Gasteiger partial charge in [0, 0.05) is 5.92 Å². The van der Waals surface area contributed by atoms with Gasteiger partial charge < -0.3 is 0 Å². The summed E-state index contributed by atoms with van der Waals surface area (Å²) in [5.41, 5.74) is 5.62. The lowest BCUT2D eigenvalue weighted by molar-refractivity contribution is 1.01. The maximum atomic E-state index is 2.23. The molecule has 1 radical (unpaired) electrons. The van der Waals surface area contributed by atoms with E-state index in [1.807, 2.05) is 0 Å². The van der Waals surface area contributed by atoms with Gasteiger partial charge in [-0.2, -0.15) is 0 Å². The Kier molecular flexibility index (Phi) is 1.88. The summed E-state index contributed by atoms with van der Waals surface area (Å²) in [4.78, 5) is 0. The molecule has 0 aromatic heterocycles. The third-order valence-corrected chi connectivity index (χ3v) is 3.15. The van der Waals surface area contributed by atoms with Crippen LogP contribution in [0.5, 0.6) is 0 Å². The normalized spacial score (nSPS) is 13.7. The second-order valence-corrected chi connectivity index (χ2v) is 3.92. The minimum atomic E-state index is 1.11. The van der Waals surface area contributed by atoms with Gasteiger partial charge in [-0.3, -0.25) is 0 Å². The van der Waals surface area contributed by atoms with Crippen LogP contribution in [0.15, 0.2) is 48.5 Å². The van der Waals surface area contributed by atoms with Gasteiger partial charge in [-0.15, -0.1) is 0 Å². The van der Waals surface area contributed by atoms with E-state index in [-0.39, 0.29) is 0 Å². The van der Waals surface area contributed by atoms with Crippen LogP contribution in [0.25, 0.3) is 11.1 Å². The third-order valence-electron chi connectivity index (χ3n) is 3.15. The van der Waals surface area contributed by atoms with Gasteiger partial charge in [0.25, 0.3) is 0 Å². The topological polar surface area (TPSA) is 0 Å². The fourth-order valence-electron chi connectivity index (χ4n) is 2.49. The Labute approximate surface area is 90.6 Å². The summed E-state index contributed by atoms with van der Waals surface area (Å²) in [6.07, 6.45) is 1.11. The number of hydrogen-bond donors (Lipinski definition) is 0. The summed E-state index contributed by atoms with van der Waals surface area (Å²) >= 11 is 0. The highest BCUT2D eigenvalue weighted by atomic mass is 14.3. The molecule has 2 aromatic rings. The van der Waals surface area contributed by atoms with Gasteiger partial charge >= 0.3 is 0 Å². The first kappa shape index (κ1) is 8.72. The van der Waals surface area contributed by atoms with E-state index < -0.39 is 0 Å². The van der Waals surface area contributed by atoms with E-state index in [4.69, 9.17) is 0 Å². The number of rotatable bonds is 1. The maximum Gasteiger partial charge on any atom is 0.0350 e. The molecule has 0 nitrogen and oxygen atoms in total. The highest BCUT2D eigenvalue weighted by molar-refractivity contribution is 5.83. The Morgan fingerprint density at radius 3 is 1.47 bits per heavy atom. The van der Waals surface area contributed by atoms with Crippen LogP contribution in [-0.2, 0) is 0 Å². The summed E-state index contributed by atoms with van der Waals surface area (Å²) in [7, 11) is 0. The van der Waals surface area contributed by atoms with Crippen LogP contribution in [0.3, 0.4) is 0 Å². The monoisotopic (exact) mass is 193 g/mol. The zero-order chi connectivity index (χ0) is 10.3. The van der Waals surface area contributed by atoms with Gasteiger partial charge in [-0.25, -0.2) is 0 Å². The van der Waals surface area contributed by atoms with Crippen molar-refractivity contribution >= 4 is 0 Å². The maximum absolute atomic E-state index is 2.23. The summed E-state index contributed by atoms with van der Waals surface area (Å²) in [6.45, 7) is 2.23. The molecule has 3 rings (SSSR count). The predicted octanol–water partition coefficient (Wildman–Crippen LogP) is 4.05. The van der Waals surface area contributed by atoms with Crippen molar-refractivity contribution in [2.24, 2.45) is 0 Å². The van der Waals surface area contributed by atoms with Crippen LogP contribution in [0.2, 0.25) is 0 Å². The van der Waals surface area contributed by atoms with Gasteiger partial charge in [0.05, 0.1) is 0 Å². The average molecular weight is 193 g/mol. The molecular weight excluding hydrogens is 180 g/mol. The number of fused-ring (bicyclic) bond motifs is 3. The van der Waals surface area contributed by atoms with Gasteiger partial charge in [0.1, 0.15) is 0 Å². The smallest absolute Gasteiger partial charge is 0.0350 e. The number of benzene rings is 2. The fourth-order valence-corrected chi connectivity index (χ4v) is 2.49. The fraction of sp³-hybridized carbons (Fsp3) is 0.133. The summed E-state index contributed by atoms with van der Waals surface area (Å²) in [5.74, 6) is 1.49. The molecule has 73 valence electrons. The summed E-state index contributed by atoms with van der Waals surface area (Å²) in [6, 6.07) is 17.4. The van der Waals surface area contributed by atoms with Crippen LogP contribution < -0.4 is 0 Å². The van der Waals surface area contributed by atoms with E-state index in [1.54, 1.807) is 0 Å². The van der Waals surface area contributed by atoms with Crippen LogP contribution in [-0.4, -0.2) is 0 Å². The molecule has 0 heterocycles. The van der Waals surface area contributed by atoms with Crippen molar-refractivity contribution in [3.63, 3.8) is 0 Å². The minimum absolute atomic E-state index is 1.11. The zero-order valence-electron chi connectivity index (χ0n) is 8.83. The third kappa shape index (κ3) is 1.14. The van der Waals surface area contributed by atoms with Crippen molar-refractivity contribution < 1.29 is 0 Å². The Morgan fingerprint density at radius 1 is 0.667 bits per heavy atom. The second kappa shape index (κ2) is 3.23. The van der Waals surface area contributed by atoms with Gasteiger partial charge in [0.15, 0.2) is 0 Å². The second-order valence-electron chi connectivity index (χ2n) is 3.92. The molecule has 1 aliphatic carbocycles. The Bertz CT molecular complexity index is 451. The Morgan fingerprint density at radius 2 is 1.07 bits per heavy atom. The first-order valence-corrected chi connectivity index (χ1v) is 5.47. The van der Waals surface area contributed by atoms with Gasteiger partial charge in [0.2, 0.25) is 0 Å². The Hall–Kier alpha value is -1.56. The van der Waals surface area contributed by atoms with Crippen molar-refractivity contribution in [3.05, 3.63) is 65.6 Å². The van der Waals surface area contributed by atoms with E-state index >= 15 is 0 Å². The van der Waals surface area contributed by atoms with Crippen molar-refractivity contribution in [1.82, 2.24) is 0 Å². The quantitative estimate of drug-likeness (QED) is 0.641. The Balaban J connectivity index is 2.31. The molecule has 1 aliphatic rings. The highest BCUT2D eigenvalue weighted by Crippen LogP contribution is 2.44. The van der Waals surface area contributed by atoms with Gasteiger partial charge in [-0.05, 0) is 28.7 Å². The minimum Gasteiger partial charge on any atom is -0.0642 e. The van der Waals surface area contributed by atoms with Crippen LogP contribution in [0.4, 0.5) is 0 Å². The lowest BCUT2D eigenvalue weighted by Crippen LogP contribution is -1.94. The van der Waals surface area contributed by atoms with E-state index in [0.29, 0.717) is 0 Å². The summed E-state index contributed by atoms with van der Waals surface area (Å²) < 4.78 is 0. The van der Waals surface area contributed by atoms with E-state index in [9.17, 15) is 0 Å². The van der Waals surface area contributed by atoms with Crippen LogP contribution >= 0.6 is 0 Å². The molecule has 15 heavy (non-hydrogen) atoms. The molecule has 0 bridgehead atoms. The number of hydrogen-bond acceptors (Lipinski definition) is 0. The molecule has 0 spiro atoms. The van der Waals surface area contributed by atoms with Crippen LogP contribution in [0.1, 0.15) is 24.5 Å². The van der Waals surface area contributed by atoms with Crippen molar-refractivity contribution in [2.45, 2.75) is 13.3 Å². The van der Waals surface area contributed by atoms with Crippen LogP contribution in [0, 0.1) is 5.92 Å². The van der Waals surface area contributed by atoms with E-state index in [0.717, 1.165) is 6.42 Å². The largest absolute Gasteiger partial charge is 0.0642 e. The molecule has 0 saturated heterocycles. The molecular formula is C15H13. The molecule has 0 atom stereocenters. The van der Waals surface area contributed by atoms with E-state index in [2.05, 4.69) is 55.5 Å². The average Bonchev–Trinajstić information content (AvgIpc) is 2.63. The van der Waals surface area contributed by atoms with Crippen molar-refractivity contribution in [2.75, 3.05) is 0 Å². The summed E-state index contributed by atoms with van der Waals surface area (Å²) in [5, 5.41) is 0. The molecule has 2 aromatic carbocycles. The first-order chi connectivity index (χ1) is 7.42. The molecule has 0 saturated carbocycles. The lowest BCUT2D eigenvalue weighted by atomic mass is 9.95. The molecule has 0 aliphatic heterocycles. The van der Waals surface area contributed by atoms with Crippen molar-refractivity contribution in [3.8, 4) is 11.1 Å². The molecule has 0 heteroatoms. The standard InChI is InChI=1S/C15H13/c1-2-11-12-7-3-5-9-14(12)15-10-6-4-8-13(11)15/h3-10H,2H2,1H3. The molecule has 0 N–H and O–H groups in total. The first-order valence-electron chi connectivity index (χ1n) is 5.47. The zero-order valence-corrected chi connectivity index (χ0v) is 8.83. The van der Waals surface area contributed by atoms with E-state index in [1.165, 1.54) is 28.2 Å². The van der Waals surface area contributed by atoms with Gasteiger partial charge in [-0.1, -0.05) is 55.5 Å². The molecule has 0 fully saturated rings. The van der Waals surface area contributed by atoms with Crippen molar-refractivity contribution in [1.29, 1.82) is 0 Å².